The van der Waals surface area contributed by atoms with Crippen molar-refractivity contribution in [1.82, 2.24) is 0 Å². The maximum absolute atomic E-state index is 10.4. The Kier molecular flexibility index (Phi) is 2.16. The SMILES string of the molecule is CC[C@@](C)(O)C(C)=O. The summed E-state index contributed by atoms with van der Waals surface area (Å²) in [5.41, 5.74) is -1.10. The number of Topliss-reactive ketones (excluding diaryl/α,β-unsaturated/α-hetero) is 1. The van der Waals surface area contributed by atoms with Gasteiger partial charge in [0.05, 0.1) is 0 Å². The fourth-order valence-corrected chi connectivity index (χ4v) is 0.249. The van der Waals surface area contributed by atoms with Crippen molar-refractivity contribution in [3.8, 4) is 0 Å². The highest BCUT2D eigenvalue weighted by Gasteiger charge is 2.22. The Labute approximate surface area is 49.5 Å². The van der Waals surface area contributed by atoms with Crippen molar-refractivity contribution in [2.24, 2.45) is 0 Å². The Morgan fingerprint density at radius 3 is 2.12 bits per heavy atom. The van der Waals surface area contributed by atoms with Gasteiger partial charge in [0.25, 0.3) is 0 Å². The number of aliphatic hydroxyl groups is 1. The number of hydrogen-bond acceptors (Lipinski definition) is 2. The molecule has 0 aromatic rings. The third kappa shape index (κ3) is 1.62. The summed E-state index contributed by atoms with van der Waals surface area (Å²) >= 11 is 0. The van der Waals surface area contributed by atoms with Gasteiger partial charge in [-0.2, -0.15) is 0 Å². The molecule has 1 N–H and O–H groups in total. The smallest absolute Gasteiger partial charge is 0.160 e. The average molecular weight is 116 g/mol. The number of rotatable bonds is 2. The predicted octanol–water partition coefficient (Wildman–Crippen LogP) is 0.736. The van der Waals surface area contributed by atoms with Gasteiger partial charge in [-0.1, -0.05) is 6.92 Å². The van der Waals surface area contributed by atoms with E-state index in [0.29, 0.717) is 6.42 Å². The molecule has 0 aliphatic heterocycles. The predicted molar refractivity (Wildman–Crippen MR) is 31.6 cm³/mol. The second-order valence-electron chi connectivity index (χ2n) is 2.18. The zero-order valence-electron chi connectivity index (χ0n) is 5.56. The minimum Gasteiger partial charge on any atom is -0.382 e. The Balaban J connectivity index is 3.91. The summed E-state index contributed by atoms with van der Waals surface area (Å²) < 4.78 is 0. The first-order chi connectivity index (χ1) is 3.50. The molecule has 0 amide bonds. The summed E-state index contributed by atoms with van der Waals surface area (Å²) in [6, 6.07) is 0. The average Bonchev–Trinajstić information content (AvgIpc) is 1.67. The van der Waals surface area contributed by atoms with Crippen LogP contribution >= 0.6 is 0 Å². The third-order valence-corrected chi connectivity index (χ3v) is 1.45. The van der Waals surface area contributed by atoms with Gasteiger partial charge in [-0.15, -0.1) is 0 Å². The fourth-order valence-electron chi connectivity index (χ4n) is 0.249. The molecule has 0 aromatic heterocycles. The maximum atomic E-state index is 10.4. The van der Waals surface area contributed by atoms with Crippen LogP contribution in [0, 0.1) is 0 Å². The van der Waals surface area contributed by atoms with Gasteiger partial charge in [0, 0.05) is 0 Å². The van der Waals surface area contributed by atoms with Gasteiger partial charge >= 0.3 is 0 Å². The molecule has 8 heavy (non-hydrogen) atoms. The van der Waals surface area contributed by atoms with Crippen LogP contribution in [0.25, 0.3) is 0 Å². The molecule has 0 radical (unpaired) electrons. The van der Waals surface area contributed by atoms with E-state index < -0.39 is 5.60 Å². The Morgan fingerprint density at radius 2 is 2.12 bits per heavy atom. The van der Waals surface area contributed by atoms with Gasteiger partial charge < -0.3 is 5.11 Å². The second kappa shape index (κ2) is 2.27. The maximum Gasteiger partial charge on any atom is 0.160 e. The van der Waals surface area contributed by atoms with Crippen LogP contribution < -0.4 is 0 Å². The van der Waals surface area contributed by atoms with E-state index in [2.05, 4.69) is 0 Å². The zero-order valence-corrected chi connectivity index (χ0v) is 5.56. The Morgan fingerprint density at radius 1 is 1.75 bits per heavy atom. The number of carbonyl (C=O) groups excluding carboxylic acids is 1. The van der Waals surface area contributed by atoms with Gasteiger partial charge in [0.15, 0.2) is 5.78 Å². The standard InChI is InChI=1S/C6H12O2/c1-4-6(3,8)5(2)7/h8H,4H2,1-3H3/t6-/m1/s1. The molecule has 0 bridgehead atoms. The van der Waals surface area contributed by atoms with Gasteiger partial charge in [-0.05, 0) is 20.3 Å². The van der Waals surface area contributed by atoms with Gasteiger partial charge in [-0.3, -0.25) is 4.79 Å². The van der Waals surface area contributed by atoms with E-state index in [1.807, 2.05) is 0 Å². The monoisotopic (exact) mass is 116 g/mol. The van der Waals surface area contributed by atoms with Crippen molar-refractivity contribution in [2.45, 2.75) is 32.8 Å². The Hall–Kier alpha value is -0.370. The minimum atomic E-state index is -1.10. The molecule has 1 atom stereocenters. The first-order valence-electron chi connectivity index (χ1n) is 2.74. The quantitative estimate of drug-likeness (QED) is 0.577. The van der Waals surface area contributed by atoms with Crippen LogP contribution in [-0.2, 0) is 4.79 Å². The largest absolute Gasteiger partial charge is 0.382 e. The number of ketones is 1. The highest BCUT2D eigenvalue weighted by atomic mass is 16.3. The molecule has 0 spiro atoms. The summed E-state index contributed by atoms with van der Waals surface area (Å²) in [4.78, 5) is 10.4. The van der Waals surface area contributed by atoms with Crippen molar-refractivity contribution < 1.29 is 9.90 Å². The first-order valence-corrected chi connectivity index (χ1v) is 2.74. The van der Waals surface area contributed by atoms with Crippen LogP contribution in [0.5, 0.6) is 0 Å². The lowest BCUT2D eigenvalue weighted by Crippen LogP contribution is -2.31. The van der Waals surface area contributed by atoms with Crippen LogP contribution in [0.2, 0.25) is 0 Å². The van der Waals surface area contributed by atoms with Crippen molar-refractivity contribution in [3.05, 3.63) is 0 Å². The molecular formula is C6H12O2. The first kappa shape index (κ1) is 7.63. The molecule has 48 valence electrons. The van der Waals surface area contributed by atoms with Gasteiger partial charge in [0.2, 0.25) is 0 Å². The molecule has 0 saturated heterocycles. The van der Waals surface area contributed by atoms with Crippen molar-refractivity contribution >= 4 is 5.78 Å². The second-order valence-corrected chi connectivity index (χ2v) is 2.18. The van der Waals surface area contributed by atoms with E-state index in [1.165, 1.54) is 13.8 Å². The van der Waals surface area contributed by atoms with Crippen LogP contribution in [0.1, 0.15) is 27.2 Å². The molecule has 0 heterocycles. The van der Waals surface area contributed by atoms with E-state index in [1.54, 1.807) is 6.92 Å². The van der Waals surface area contributed by atoms with Gasteiger partial charge in [-0.25, -0.2) is 0 Å². The van der Waals surface area contributed by atoms with E-state index in [-0.39, 0.29) is 5.78 Å². The van der Waals surface area contributed by atoms with Crippen molar-refractivity contribution in [3.63, 3.8) is 0 Å². The summed E-state index contributed by atoms with van der Waals surface area (Å²) in [5, 5.41) is 9.05. The lowest BCUT2D eigenvalue weighted by molar-refractivity contribution is -0.133. The molecule has 2 heteroatoms. The topological polar surface area (TPSA) is 37.3 Å². The summed E-state index contributed by atoms with van der Waals surface area (Å²) in [6.07, 6.45) is 0.488. The van der Waals surface area contributed by atoms with E-state index >= 15 is 0 Å². The van der Waals surface area contributed by atoms with E-state index in [0.717, 1.165) is 0 Å². The Bertz CT molecular complexity index is 94.7. The molecule has 0 aliphatic carbocycles. The minimum absolute atomic E-state index is 0.167. The molecule has 0 unspecified atom stereocenters. The van der Waals surface area contributed by atoms with E-state index in [4.69, 9.17) is 5.11 Å². The zero-order chi connectivity index (χ0) is 6.78. The van der Waals surface area contributed by atoms with Crippen LogP contribution in [0.15, 0.2) is 0 Å². The number of carbonyl (C=O) groups is 1. The van der Waals surface area contributed by atoms with Gasteiger partial charge in [0.1, 0.15) is 5.60 Å². The highest BCUT2D eigenvalue weighted by Crippen LogP contribution is 2.07. The molecular weight excluding hydrogens is 104 g/mol. The number of hydrogen-bond donors (Lipinski definition) is 1. The molecule has 0 fully saturated rings. The summed E-state index contributed by atoms with van der Waals surface area (Å²) in [7, 11) is 0. The lowest BCUT2D eigenvalue weighted by atomic mass is 10.00. The van der Waals surface area contributed by atoms with Crippen molar-refractivity contribution in [1.29, 1.82) is 0 Å². The third-order valence-electron chi connectivity index (χ3n) is 1.45. The lowest BCUT2D eigenvalue weighted by Gasteiger charge is -2.15. The molecule has 0 aromatic carbocycles. The molecule has 2 nitrogen and oxygen atoms in total. The van der Waals surface area contributed by atoms with E-state index in [9.17, 15) is 4.79 Å². The van der Waals surface area contributed by atoms with Crippen LogP contribution in [-0.4, -0.2) is 16.5 Å². The van der Waals surface area contributed by atoms with Crippen molar-refractivity contribution in [2.75, 3.05) is 0 Å². The molecule has 0 saturated carbocycles. The molecule has 0 rings (SSSR count). The normalized spacial score (nSPS) is 17.5. The summed E-state index contributed by atoms with van der Waals surface area (Å²) in [6.45, 7) is 4.69. The molecule has 0 aliphatic rings. The highest BCUT2D eigenvalue weighted by molar-refractivity contribution is 5.83. The fraction of sp³-hybridized carbons (Fsp3) is 0.833. The summed E-state index contributed by atoms with van der Waals surface area (Å²) in [5.74, 6) is -0.167. The van der Waals surface area contributed by atoms with Crippen LogP contribution in [0.4, 0.5) is 0 Å². The van der Waals surface area contributed by atoms with Crippen LogP contribution in [0.3, 0.4) is 0 Å².